The van der Waals surface area contributed by atoms with E-state index in [0.29, 0.717) is 41.3 Å². The Balaban J connectivity index is 1.72. The summed E-state index contributed by atoms with van der Waals surface area (Å²) in [7, 11) is 0. The predicted octanol–water partition coefficient (Wildman–Crippen LogP) is 5.12. The first-order valence-corrected chi connectivity index (χ1v) is 11.0. The molecule has 0 atom stereocenters. The third-order valence-electron chi connectivity index (χ3n) is 5.39. The molecule has 2 amide bonds. The highest BCUT2D eigenvalue weighted by molar-refractivity contribution is 7.80. The van der Waals surface area contributed by atoms with Crippen LogP contribution in [0.4, 0.5) is 11.4 Å². The molecule has 1 saturated heterocycles. The van der Waals surface area contributed by atoms with E-state index in [1.165, 1.54) is 28.0 Å². The number of benzene rings is 2. The largest absolute Gasteiger partial charge is 0.457 e. The van der Waals surface area contributed by atoms with Crippen molar-refractivity contribution in [2.45, 2.75) is 20.3 Å². The molecule has 0 unspecified atom stereocenters. The number of carbonyl (C=O) groups is 2. The second-order valence-corrected chi connectivity index (χ2v) is 8.10. The predicted molar refractivity (Wildman–Crippen MR) is 132 cm³/mol. The summed E-state index contributed by atoms with van der Waals surface area (Å²) in [6.07, 6.45) is 2.08. The number of thiocarbonyl (C=S) groups is 1. The van der Waals surface area contributed by atoms with Gasteiger partial charge < -0.3 is 4.42 Å². The fraction of sp³-hybridized carbons (Fsp3) is 0.160. The van der Waals surface area contributed by atoms with E-state index in [0.717, 1.165) is 0 Å². The van der Waals surface area contributed by atoms with Crippen molar-refractivity contribution in [3.05, 3.63) is 87.7 Å². The van der Waals surface area contributed by atoms with Crippen LogP contribution in [0.15, 0.2) is 70.7 Å². The van der Waals surface area contributed by atoms with Crippen molar-refractivity contribution in [1.29, 1.82) is 0 Å². The average molecular weight is 476 g/mol. The van der Waals surface area contributed by atoms with Gasteiger partial charge in [0.1, 0.15) is 17.1 Å². The first-order valence-electron chi connectivity index (χ1n) is 10.6. The van der Waals surface area contributed by atoms with E-state index in [4.69, 9.17) is 16.6 Å². The van der Waals surface area contributed by atoms with Gasteiger partial charge in [-0.3, -0.25) is 29.5 Å². The lowest BCUT2D eigenvalue weighted by Crippen LogP contribution is -2.56. The number of amides is 2. The Kier molecular flexibility index (Phi) is 6.38. The SMILES string of the molecule is CCCN1C(=O)/C(=C/c2ccc(-c3ccc([N+](=O)[O-])cc3C)o2)C(=O)N(c2ccccc2)C1=S. The van der Waals surface area contributed by atoms with Crippen molar-refractivity contribution in [1.82, 2.24) is 4.90 Å². The van der Waals surface area contributed by atoms with Crippen LogP contribution in [0.25, 0.3) is 17.4 Å². The van der Waals surface area contributed by atoms with Gasteiger partial charge in [0, 0.05) is 24.2 Å². The summed E-state index contributed by atoms with van der Waals surface area (Å²) in [6.45, 7) is 4.05. The van der Waals surface area contributed by atoms with Gasteiger partial charge in [-0.2, -0.15) is 0 Å². The van der Waals surface area contributed by atoms with Gasteiger partial charge in [0.25, 0.3) is 17.5 Å². The molecule has 1 aromatic heterocycles. The molecule has 0 radical (unpaired) electrons. The summed E-state index contributed by atoms with van der Waals surface area (Å²) < 4.78 is 5.89. The number of anilines is 1. The molecule has 0 N–H and O–H groups in total. The highest BCUT2D eigenvalue weighted by Gasteiger charge is 2.40. The number of nitro groups is 1. The van der Waals surface area contributed by atoms with Crippen molar-refractivity contribution in [2.24, 2.45) is 0 Å². The minimum Gasteiger partial charge on any atom is -0.457 e. The molecule has 34 heavy (non-hydrogen) atoms. The maximum atomic E-state index is 13.4. The van der Waals surface area contributed by atoms with Crippen molar-refractivity contribution in [3.63, 3.8) is 0 Å². The van der Waals surface area contributed by atoms with Crippen molar-refractivity contribution in [3.8, 4) is 11.3 Å². The Morgan fingerprint density at radius 1 is 1.06 bits per heavy atom. The summed E-state index contributed by atoms with van der Waals surface area (Å²) >= 11 is 5.49. The maximum absolute atomic E-state index is 13.4. The molecule has 1 fully saturated rings. The van der Waals surface area contributed by atoms with E-state index in [-0.39, 0.29) is 16.4 Å². The van der Waals surface area contributed by atoms with E-state index in [1.807, 2.05) is 13.0 Å². The normalized spacial score (nSPS) is 15.4. The van der Waals surface area contributed by atoms with Gasteiger partial charge in [-0.25, -0.2) is 0 Å². The van der Waals surface area contributed by atoms with Gasteiger partial charge in [0.15, 0.2) is 5.11 Å². The van der Waals surface area contributed by atoms with E-state index < -0.39 is 16.7 Å². The topological polar surface area (TPSA) is 96.9 Å². The van der Waals surface area contributed by atoms with Crippen molar-refractivity contribution in [2.75, 3.05) is 11.4 Å². The third-order valence-corrected chi connectivity index (χ3v) is 5.80. The van der Waals surface area contributed by atoms with Gasteiger partial charge in [0.05, 0.1) is 10.6 Å². The second-order valence-electron chi connectivity index (χ2n) is 7.73. The number of non-ortho nitro benzene ring substituents is 1. The molecule has 172 valence electrons. The van der Waals surface area contributed by atoms with E-state index in [1.54, 1.807) is 49.4 Å². The molecule has 8 nitrogen and oxygen atoms in total. The lowest BCUT2D eigenvalue weighted by molar-refractivity contribution is -0.384. The number of hydrogen-bond donors (Lipinski definition) is 0. The molecular formula is C25H21N3O5S. The molecule has 0 bridgehead atoms. The molecule has 3 aromatic rings. The minimum atomic E-state index is -0.530. The summed E-state index contributed by atoms with van der Waals surface area (Å²) in [5.74, 6) is -0.232. The fourth-order valence-electron chi connectivity index (χ4n) is 3.76. The Morgan fingerprint density at radius 2 is 1.79 bits per heavy atom. The Hall–Kier alpha value is -4.11. The zero-order chi connectivity index (χ0) is 24.4. The maximum Gasteiger partial charge on any atom is 0.270 e. The van der Waals surface area contributed by atoms with Crippen LogP contribution in [0.1, 0.15) is 24.7 Å². The Bertz CT molecular complexity index is 1330. The molecule has 0 aliphatic carbocycles. The molecule has 1 aliphatic rings. The number of nitro benzene ring substituents is 1. The molecule has 0 spiro atoms. The summed E-state index contributed by atoms with van der Waals surface area (Å²) in [6, 6.07) is 16.7. The number of hydrogen-bond acceptors (Lipinski definition) is 6. The van der Waals surface area contributed by atoms with Crippen LogP contribution in [0.3, 0.4) is 0 Å². The molecule has 1 aliphatic heterocycles. The Labute approximate surface area is 201 Å². The zero-order valence-electron chi connectivity index (χ0n) is 18.6. The van der Waals surface area contributed by atoms with Gasteiger partial charge in [-0.15, -0.1) is 0 Å². The molecule has 9 heteroatoms. The van der Waals surface area contributed by atoms with E-state index in [2.05, 4.69) is 0 Å². The van der Waals surface area contributed by atoms with Gasteiger partial charge in [0.2, 0.25) is 0 Å². The third kappa shape index (κ3) is 4.25. The number of para-hydroxylation sites is 1. The van der Waals surface area contributed by atoms with Gasteiger partial charge in [-0.05, 0) is 67.5 Å². The van der Waals surface area contributed by atoms with E-state index >= 15 is 0 Å². The van der Waals surface area contributed by atoms with Gasteiger partial charge in [-0.1, -0.05) is 25.1 Å². The number of nitrogens with zero attached hydrogens (tertiary/aromatic N) is 3. The van der Waals surface area contributed by atoms with Crippen LogP contribution in [-0.4, -0.2) is 33.3 Å². The highest BCUT2D eigenvalue weighted by Crippen LogP contribution is 2.31. The van der Waals surface area contributed by atoms with E-state index in [9.17, 15) is 19.7 Å². The summed E-state index contributed by atoms with van der Waals surface area (Å²) in [5.41, 5.74) is 1.84. The number of furan rings is 1. The summed E-state index contributed by atoms with van der Waals surface area (Å²) in [4.78, 5) is 39.8. The fourth-order valence-corrected chi connectivity index (χ4v) is 4.12. The van der Waals surface area contributed by atoms with Crippen LogP contribution in [0.2, 0.25) is 0 Å². The average Bonchev–Trinajstić information content (AvgIpc) is 3.28. The molecule has 4 rings (SSSR count). The van der Waals surface area contributed by atoms with Crippen LogP contribution in [-0.2, 0) is 9.59 Å². The first kappa shape index (κ1) is 23.1. The molecular weight excluding hydrogens is 454 g/mol. The molecule has 0 saturated carbocycles. The standard InChI is InChI=1S/C25H21N3O5S/c1-3-13-26-23(29)21(24(30)27(25(26)34)17-7-5-4-6-8-17)15-19-10-12-22(33-19)20-11-9-18(28(31)32)14-16(20)2/h4-12,14-15H,3,13H2,1-2H3/b21-15-. The number of rotatable bonds is 6. The second kappa shape index (κ2) is 9.40. The van der Waals surface area contributed by atoms with Gasteiger partial charge >= 0.3 is 0 Å². The first-order chi connectivity index (χ1) is 16.3. The molecule has 2 aromatic carbocycles. The minimum absolute atomic E-state index is 0.0125. The zero-order valence-corrected chi connectivity index (χ0v) is 19.4. The lowest BCUT2D eigenvalue weighted by atomic mass is 10.1. The highest BCUT2D eigenvalue weighted by atomic mass is 32.1. The van der Waals surface area contributed by atoms with Crippen LogP contribution in [0, 0.1) is 17.0 Å². The summed E-state index contributed by atoms with van der Waals surface area (Å²) in [5, 5.41) is 11.1. The quantitative estimate of drug-likeness (QED) is 0.161. The van der Waals surface area contributed by atoms with Crippen LogP contribution >= 0.6 is 12.2 Å². The number of aryl methyl sites for hydroxylation is 1. The smallest absolute Gasteiger partial charge is 0.270 e. The van der Waals surface area contributed by atoms with Crippen LogP contribution in [0.5, 0.6) is 0 Å². The van der Waals surface area contributed by atoms with Crippen molar-refractivity contribution < 1.29 is 18.9 Å². The van der Waals surface area contributed by atoms with Crippen molar-refractivity contribution >= 4 is 46.6 Å². The lowest BCUT2D eigenvalue weighted by Gasteiger charge is -2.36. The molecule has 2 heterocycles. The monoisotopic (exact) mass is 475 g/mol. The Morgan fingerprint density at radius 3 is 2.44 bits per heavy atom. The number of carbonyl (C=O) groups excluding carboxylic acids is 2. The van der Waals surface area contributed by atoms with Crippen LogP contribution < -0.4 is 4.90 Å².